The van der Waals surface area contributed by atoms with Gasteiger partial charge in [0.2, 0.25) is 0 Å². The first-order valence-corrected chi connectivity index (χ1v) is 8.94. The summed E-state index contributed by atoms with van der Waals surface area (Å²) in [4.78, 5) is 25.3. The van der Waals surface area contributed by atoms with Crippen molar-refractivity contribution < 1.29 is 19.4 Å². The monoisotopic (exact) mass is 440 g/mol. The van der Waals surface area contributed by atoms with Gasteiger partial charge in [-0.15, -0.1) is 12.4 Å². The van der Waals surface area contributed by atoms with Gasteiger partial charge in [0.05, 0.1) is 30.3 Å². The van der Waals surface area contributed by atoms with Crippen molar-refractivity contribution in [3.63, 3.8) is 0 Å². The Bertz CT molecular complexity index is 1100. The van der Waals surface area contributed by atoms with Crippen molar-refractivity contribution in [3.8, 4) is 11.5 Å². The van der Waals surface area contributed by atoms with E-state index in [1.165, 1.54) is 12.3 Å². The number of rotatable bonds is 6. The fourth-order valence-corrected chi connectivity index (χ4v) is 2.76. The van der Waals surface area contributed by atoms with Gasteiger partial charge in [-0.3, -0.25) is 9.59 Å². The molecule has 0 radical (unpaired) electrons. The summed E-state index contributed by atoms with van der Waals surface area (Å²) >= 11 is 0. The Hall–Kier alpha value is -4.04. The molecule has 0 unspecified atom stereocenters. The van der Waals surface area contributed by atoms with Crippen LogP contribution in [0.3, 0.4) is 0 Å². The fourth-order valence-electron chi connectivity index (χ4n) is 2.76. The molecule has 31 heavy (non-hydrogen) atoms. The third kappa shape index (κ3) is 5.52. The number of phenolic OH excluding ortho intramolecular Hbond substituents is 1. The van der Waals surface area contributed by atoms with Gasteiger partial charge in [0.15, 0.2) is 0 Å². The Labute approximate surface area is 185 Å². The molecular formula is C22H21ClN4O4. The third-order valence-electron chi connectivity index (χ3n) is 4.30. The van der Waals surface area contributed by atoms with Gasteiger partial charge in [-0.25, -0.2) is 0 Å². The number of phenols is 1. The predicted octanol–water partition coefficient (Wildman–Crippen LogP) is 3.62. The molecule has 0 spiro atoms. The third-order valence-corrected chi connectivity index (χ3v) is 4.30. The second kappa shape index (κ2) is 10.7. The first-order chi connectivity index (χ1) is 14.5. The van der Waals surface area contributed by atoms with Crippen LogP contribution in [0.15, 0.2) is 71.8 Å². The maximum atomic E-state index is 12.7. The number of methoxy groups -OCH3 is 1. The SMILES string of the molecule is COc1ccc(C(=O)Nc2ccccc2NC(=O)c2cccc(C=NN)c2O)cc1.Cl. The molecule has 0 atom stereocenters. The van der Waals surface area contributed by atoms with Crippen LogP contribution in [0.5, 0.6) is 11.5 Å². The summed E-state index contributed by atoms with van der Waals surface area (Å²) in [5, 5.41) is 19.1. The Morgan fingerprint density at radius 3 is 2.13 bits per heavy atom. The average molecular weight is 441 g/mol. The zero-order valence-corrected chi connectivity index (χ0v) is 17.3. The molecule has 0 saturated carbocycles. The van der Waals surface area contributed by atoms with Gasteiger partial charge < -0.3 is 26.3 Å². The number of halogens is 1. The van der Waals surface area contributed by atoms with E-state index in [2.05, 4.69) is 15.7 Å². The van der Waals surface area contributed by atoms with E-state index in [1.54, 1.807) is 67.8 Å². The highest BCUT2D eigenvalue weighted by atomic mass is 35.5. The average Bonchev–Trinajstić information content (AvgIpc) is 2.76. The number of carbonyl (C=O) groups excluding carboxylic acids is 2. The molecule has 0 aliphatic rings. The van der Waals surface area contributed by atoms with Crippen molar-refractivity contribution in [2.24, 2.45) is 10.9 Å². The minimum Gasteiger partial charge on any atom is -0.506 e. The molecule has 0 aliphatic carbocycles. The largest absolute Gasteiger partial charge is 0.506 e. The molecule has 8 nitrogen and oxygen atoms in total. The number of hydrazone groups is 1. The van der Waals surface area contributed by atoms with E-state index < -0.39 is 5.91 Å². The van der Waals surface area contributed by atoms with Crippen molar-refractivity contribution in [1.29, 1.82) is 0 Å². The number of nitrogens with zero attached hydrogens (tertiary/aromatic N) is 1. The zero-order valence-electron chi connectivity index (χ0n) is 16.5. The zero-order chi connectivity index (χ0) is 21.5. The highest BCUT2D eigenvalue weighted by molar-refractivity contribution is 6.11. The Morgan fingerprint density at radius 1 is 0.935 bits per heavy atom. The molecule has 0 fully saturated rings. The number of hydrogen-bond acceptors (Lipinski definition) is 6. The molecule has 9 heteroatoms. The van der Waals surface area contributed by atoms with Gasteiger partial charge in [-0.05, 0) is 48.5 Å². The maximum absolute atomic E-state index is 12.7. The number of para-hydroxylation sites is 3. The van der Waals surface area contributed by atoms with Crippen LogP contribution in [-0.4, -0.2) is 30.2 Å². The first kappa shape index (κ1) is 23.2. The van der Waals surface area contributed by atoms with E-state index in [4.69, 9.17) is 10.6 Å². The smallest absolute Gasteiger partial charge is 0.259 e. The van der Waals surface area contributed by atoms with Gasteiger partial charge in [-0.1, -0.05) is 18.2 Å². The lowest BCUT2D eigenvalue weighted by Crippen LogP contribution is -2.17. The second-order valence-electron chi connectivity index (χ2n) is 6.20. The summed E-state index contributed by atoms with van der Waals surface area (Å²) in [6.07, 6.45) is 1.25. The van der Waals surface area contributed by atoms with Gasteiger partial charge in [0.25, 0.3) is 11.8 Å². The summed E-state index contributed by atoms with van der Waals surface area (Å²) in [6, 6.07) is 18.0. The van der Waals surface area contributed by atoms with Crippen molar-refractivity contribution in [2.45, 2.75) is 0 Å². The van der Waals surface area contributed by atoms with Gasteiger partial charge in [-0.2, -0.15) is 5.10 Å². The van der Waals surface area contributed by atoms with Crippen LogP contribution >= 0.6 is 12.4 Å². The van der Waals surface area contributed by atoms with Crippen LogP contribution in [0.2, 0.25) is 0 Å². The highest BCUT2D eigenvalue weighted by Crippen LogP contribution is 2.26. The summed E-state index contributed by atoms with van der Waals surface area (Å²) in [5.41, 5.74) is 1.57. The molecule has 0 bridgehead atoms. The molecule has 5 N–H and O–H groups in total. The van der Waals surface area contributed by atoms with E-state index >= 15 is 0 Å². The maximum Gasteiger partial charge on any atom is 0.259 e. The number of anilines is 2. The quantitative estimate of drug-likeness (QED) is 0.264. The molecule has 0 aromatic heterocycles. The van der Waals surface area contributed by atoms with E-state index in [1.807, 2.05) is 0 Å². The molecule has 0 saturated heterocycles. The number of ether oxygens (including phenoxy) is 1. The summed E-state index contributed by atoms with van der Waals surface area (Å²) in [7, 11) is 1.55. The molecule has 0 heterocycles. The van der Waals surface area contributed by atoms with Crippen LogP contribution in [0, 0.1) is 0 Å². The fraction of sp³-hybridized carbons (Fsp3) is 0.0455. The number of nitrogens with one attached hydrogen (secondary N) is 2. The van der Waals surface area contributed by atoms with Gasteiger partial charge in [0.1, 0.15) is 11.5 Å². The Morgan fingerprint density at radius 2 is 1.55 bits per heavy atom. The molecule has 3 aromatic carbocycles. The minimum absolute atomic E-state index is 0. The lowest BCUT2D eigenvalue weighted by molar-refractivity contribution is 0.101. The predicted molar refractivity (Wildman–Crippen MR) is 122 cm³/mol. The number of hydrogen-bond donors (Lipinski definition) is 4. The number of nitrogens with two attached hydrogens (primary N) is 1. The van der Waals surface area contributed by atoms with E-state index in [0.29, 0.717) is 28.3 Å². The van der Waals surface area contributed by atoms with Crippen LogP contribution in [-0.2, 0) is 0 Å². The molecule has 3 rings (SSSR count). The van der Waals surface area contributed by atoms with Gasteiger partial charge in [0, 0.05) is 11.1 Å². The van der Waals surface area contributed by atoms with Crippen LogP contribution < -0.4 is 21.2 Å². The number of benzene rings is 3. The van der Waals surface area contributed by atoms with Gasteiger partial charge >= 0.3 is 0 Å². The Balaban J connectivity index is 0.00000341. The van der Waals surface area contributed by atoms with Crippen LogP contribution in [0.25, 0.3) is 0 Å². The van der Waals surface area contributed by atoms with E-state index in [9.17, 15) is 14.7 Å². The van der Waals surface area contributed by atoms with Crippen molar-refractivity contribution >= 4 is 41.8 Å². The van der Waals surface area contributed by atoms with Crippen LogP contribution in [0.1, 0.15) is 26.3 Å². The topological polar surface area (TPSA) is 126 Å². The van der Waals surface area contributed by atoms with Crippen molar-refractivity contribution in [2.75, 3.05) is 17.7 Å². The Kier molecular flexibility index (Phi) is 7.99. The van der Waals surface area contributed by atoms with Crippen molar-refractivity contribution in [3.05, 3.63) is 83.4 Å². The summed E-state index contributed by atoms with van der Waals surface area (Å²) < 4.78 is 5.09. The van der Waals surface area contributed by atoms with E-state index in [-0.39, 0.29) is 29.6 Å². The normalized spacial score (nSPS) is 10.2. The number of amides is 2. The molecule has 0 aliphatic heterocycles. The standard InChI is InChI=1S/C22H20N4O4.ClH/c1-30-16-11-9-14(10-12-16)21(28)25-18-7-2-3-8-19(18)26-22(29)17-6-4-5-15(13-24-23)20(17)27;/h2-13,27H,23H2,1H3,(H,25,28)(H,26,29);1H. The number of aromatic hydroxyl groups is 1. The highest BCUT2D eigenvalue weighted by Gasteiger charge is 2.16. The summed E-state index contributed by atoms with van der Waals surface area (Å²) in [6.45, 7) is 0. The van der Waals surface area contributed by atoms with E-state index in [0.717, 1.165) is 0 Å². The van der Waals surface area contributed by atoms with Crippen LogP contribution in [0.4, 0.5) is 11.4 Å². The first-order valence-electron chi connectivity index (χ1n) is 8.94. The lowest BCUT2D eigenvalue weighted by Gasteiger charge is -2.13. The molecular weight excluding hydrogens is 420 g/mol. The molecule has 2 amide bonds. The van der Waals surface area contributed by atoms with Crippen molar-refractivity contribution in [1.82, 2.24) is 0 Å². The number of carbonyl (C=O) groups is 2. The molecule has 3 aromatic rings. The lowest BCUT2D eigenvalue weighted by atomic mass is 10.1. The minimum atomic E-state index is -0.550. The molecule has 160 valence electrons. The summed E-state index contributed by atoms with van der Waals surface area (Å²) in [5.74, 6) is 4.62. The second-order valence-corrected chi connectivity index (χ2v) is 6.20.